The highest BCUT2D eigenvalue weighted by molar-refractivity contribution is 9.10. The lowest BCUT2D eigenvalue weighted by molar-refractivity contribution is 0.102. The number of carbonyl (C=O) groups excluding carboxylic acids is 1. The predicted molar refractivity (Wildman–Crippen MR) is 102 cm³/mol. The number of aryl methyl sites for hydroxylation is 2. The Morgan fingerprint density at radius 3 is 2.81 bits per heavy atom. The van der Waals surface area contributed by atoms with Gasteiger partial charge in [0.1, 0.15) is 4.60 Å². The largest absolute Gasteiger partial charge is 0.310 e. The molecule has 0 aliphatic rings. The van der Waals surface area contributed by atoms with Crippen LogP contribution >= 0.6 is 15.9 Å². The third-order valence-corrected chi connectivity index (χ3v) is 4.38. The van der Waals surface area contributed by atoms with E-state index in [1.807, 2.05) is 47.0 Å². The first kappa shape index (κ1) is 16.5. The summed E-state index contributed by atoms with van der Waals surface area (Å²) in [6, 6.07) is 15.3. The zero-order chi connectivity index (χ0) is 17.9. The van der Waals surface area contributed by atoms with Crippen molar-refractivity contribution >= 4 is 38.8 Å². The van der Waals surface area contributed by atoms with E-state index in [1.54, 1.807) is 12.3 Å². The normalized spacial score (nSPS) is 11.0. The Labute approximate surface area is 157 Å². The number of H-pyrrole nitrogens is 1. The van der Waals surface area contributed by atoms with E-state index in [1.165, 1.54) is 0 Å². The average molecular weight is 411 g/mol. The van der Waals surface area contributed by atoms with Gasteiger partial charge in [0.2, 0.25) is 5.95 Å². The van der Waals surface area contributed by atoms with Crippen LogP contribution < -0.4 is 5.32 Å². The van der Waals surface area contributed by atoms with E-state index in [0.29, 0.717) is 22.8 Å². The van der Waals surface area contributed by atoms with Gasteiger partial charge in [-0.3, -0.25) is 20.2 Å². The minimum absolute atomic E-state index is 0.292. The molecule has 0 bridgehead atoms. The molecule has 4 aromatic rings. The predicted octanol–water partition coefficient (Wildman–Crippen LogP) is 3.41. The van der Waals surface area contributed by atoms with Gasteiger partial charge in [-0.05, 0) is 40.2 Å². The highest BCUT2D eigenvalue weighted by Gasteiger charge is 2.16. The van der Waals surface area contributed by atoms with Crippen molar-refractivity contribution in [1.29, 1.82) is 0 Å². The Morgan fingerprint density at radius 2 is 2.04 bits per heavy atom. The lowest BCUT2D eigenvalue weighted by atomic mass is 10.2. The first-order chi connectivity index (χ1) is 12.7. The molecule has 4 rings (SSSR count). The summed E-state index contributed by atoms with van der Waals surface area (Å²) in [5.74, 6) is 0.174. The molecular formula is C18H15BrN6O. The van der Waals surface area contributed by atoms with Crippen LogP contribution in [0.5, 0.6) is 0 Å². The van der Waals surface area contributed by atoms with Crippen LogP contribution in [0.1, 0.15) is 16.2 Å². The van der Waals surface area contributed by atoms with Gasteiger partial charge in [-0.15, -0.1) is 0 Å². The summed E-state index contributed by atoms with van der Waals surface area (Å²) >= 11 is 3.25. The Kier molecular flexibility index (Phi) is 4.49. The van der Waals surface area contributed by atoms with E-state index in [2.05, 4.69) is 41.4 Å². The molecule has 7 nitrogen and oxygen atoms in total. The maximum Gasteiger partial charge on any atom is 0.278 e. The molecule has 0 spiro atoms. The van der Waals surface area contributed by atoms with Crippen molar-refractivity contribution in [2.24, 2.45) is 0 Å². The van der Waals surface area contributed by atoms with Crippen LogP contribution in [0.4, 0.5) is 5.95 Å². The molecule has 0 saturated heterocycles. The highest BCUT2D eigenvalue weighted by Crippen LogP contribution is 2.21. The van der Waals surface area contributed by atoms with Crippen molar-refractivity contribution in [3.05, 3.63) is 70.7 Å². The summed E-state index contributed by atoms with van der Waals surface area (Å²) in [6.07, 6.45) is 2.51. The molecule has 0 unspecified atom stereocenters. The molecule has 0 radical (unpaired) electrons. The van der Waals surface area contributed by atoms with Crippen LogP contribution in [-0.4, -0.2) is 30.6 Å². The van der Waals surface area contributed by atoms with E-state index >= 15 is 0 Å². The first-order valence-corrected chi connectivity index (χ1v) is 8.87. The fourth-order valence-corrected chi connectivity index (χ4v) is 3.06. The number of amides is 1. The number of anilines is 1. The van der Waals surface area contributed by atoms with E-state index in [4.69, 9.17) is 0 Å². The number of benzene rings is 1. The van der Waals surface area contributed by atoms with E-state index in [-0.39, 0.29) is 5.91 Å². The van der Waals surface area contributed by atoms with Crippen molar-refractivity contribution in [3.63, 3.8) is 0 Å². The molecule has 1 aromatic carbocycles. The molecule has 0 atom stereocenters. The molecule has 0 fully saturated rings. The van der Waals surface area contributed by atoms with Gasteiger partial charge in [-0.2, -0.15) is 5.10 Å². The molecule has 1 amide bonds. The van der Waals surface area contributed by atoms with Gasteiger partial charge in [-0.25, -0.2) is 4.98 Å². The number of halogens is 1. The second-order valence-electron chi connectivity index (χ2n) is 5.70. The summed E-state index contributed by atoms with van der Waals surface area (Å²) in [5.41, 5.74) is 3.06. The van der Waals surface area contributed by atoms with E-state index in [9.17, 15) is 4.79 Å². The van der Waals surface area contributed by atoms with Crippen LogP contribution in [0.15, 0.2) is 59.3 Å². The topological polar surface area (TPSA) is 88.5 Å². The van der Waals surface area contributed by atoms with Gasteiger partial charge < -0.3 is 4.57 Å². The standard InChI is InChI=1S/C18H15BrN6O/c19-16-11-14(23-24-16)17(26)22-18-21-13-6-1-2-7-15(13)25(18)10-8-12-5-3-4-9-20-12/h1-7,9,11H,8,10H2,(H,23,24)(H,21,22,26). The van der Waals surface area contributed by atoms with Crippen molar-refractivity contribution in [2.45, 2.75) is 13.0 Å². The lowest BCUT2D eigenvalue weighted by Gasteiger charge is -2.09. The van der Waals surface area contributed by atoms with Crippen molar-refractivity contribution < 1.29 is 4.79 Å². The number of aromatic amines is 1. The zero-order valence-electron chi connectivity index (χ0n) is 13.7. The maximum atomic E-state index is 12.5. The highest BCUT2D eigenvalue weighted by atomic mass is 79.9. The number of para-hydroxylation sites is 2. The summed E-state index contributed by atoms with van der Waals surface area (Å²) in [4.78, 5) is 21.4. The average Bonchev–Trinajstić information content (AvgIpc) is 3.24. The van der Waals surface area contributed by atoms with Crippen LogP contribution in [-0.2, 0) is 13.0 Å². The van der Waals surface area contributed by atoms with Crippen molar-refractivity contribution in [2.75, 3.05) is 5.32 Å². The number of fused-ring (bicyclic) bond motifs is 1. The molecule has 0 saturated carbocycles. The Morgan fingerprint density at radius 1 is 1.19 bits per heavy atom. The monoisotopic (exact) mass is 410 g/mol. The van der Waals surface area contributed by atoms with Gasteiger partial charge in [0.15, 0.2) is 5.69 Å². The number of carbonyl (C=O) groups is 1. The third kappa shape index (κ3) is 3.36. The van der Waals surface area contributed by atoms with Gasteiger partial charge in [0, 0.05) is 30.9 Å². The van der Waals surface area contributed by atoms with Gasteiger partial charge >= 0.3 is 0 Å². The van der Waals surface area contributed by atoms with Gasteiger partial charge in [0.25, 0.3) is 5.91 Å². The quantitative estimate of drug-likeness (QED) is 0.527. The second kappa shape index (κ2) is 7.09. The van der Waals surface area contributed by atoms with Crippen LogP contribution in [0, 0.1) is 0 Å². The Balaban J connectivity index is 1.64. The number of pyridine rings is 1. The molecule has 0 aliphatic carbocycles. The lowest BCUT2D eigenvalue weighted by Crippen LogP contribution is -2.17. The maximum absolute atomic E-state index is 12.5. The minimum atomic E-state index is -0.318. The molecule has 2 N–H and O–H groups in total. The fourth-order valence-electron chi connectivity index (χ4n) is 2.75. The van der Waals surface area contributed by atoms with E-state index in [0.717, 1.165) is 23.1 Å². The van der Waals surface area contributed by atoms with Crippen LogP contribution in [0.25, 0.3) is 11.0 Å². The number of hydrogen-bond acceptors (Lipinski definition) is 4. The molecule has 26 heavy (non-hydrogen) atoms. The first-order valence-electron chi connectivity index (χ1n) is 8.08. The van der Waals surface area contributed by atoms with Crippen molar-refractivity contribution in [3.8, 4) is 0 Å². The third-order valence-electron chi connectivity index (χ3n) is 3.98. The van der Waals surface area contributed by atoms with Gasteiger partial charge in [0.05, 0.1) is 11.0 Å². The smallest absolute Gasteiger partial charge is 0.278 e. The molecule has 0 aliphatic heterocycles. The van der Waals surface area contributed by atoms with Gasteiger partial charge in [-0.1, -0.05) is 18.2 Å². The Hall–Kier alpha value is -3.00. The second-order valence-corrected chi connectivity index (χ2v) is 6.56. The summed E-state index contributed by atoms with van der Waals surface area (Å²) < 4.78 is 2.63. The van der Waals surface area contributed by atoms with Crippen LogP contribution in [0.3, 0.4) is 0 Å². The number of nitrogens with one attached hydrogen (secondary N) is 2. The summed E-state index contributed by atoms with van der Waals surface area (Å²) in [6.45, 7) is 0.650. The fraction of sp³-hybridized carbons (Fsp3) is 0.111. The summed E-state index contributed by atoms with van der Waals surface area (Å²) in [7, 11) is 0. The summed E-state index contributed by atoms with van der Waals surface area (Å²) in [5, 5.41) is 9.51. The van der Waals surface area contributed by atoms with Crippen molar-refractivity contribution in [1.82, 2.24) is 24.7 Å². The molecular weight excluding hydrogens is 396 g/mol. The number of rotatable bonds is 5. The Bertz CT molecular complexity index is 1060. The molecule has 3 aromatic heterocycles. The number of aromatic nitrogens is 5. The van der Waals surface area contributed by atoms with Crippen LogP contribution in [0.2, 0.25) is 0 Å². The zero-order valence-corrected chi connectivity index (χ0v) is 15.3. The number of nitrogens with zero attached hydrogens (tertiary/aromatic N) is 4. The molecule has 8 heteroatoms. The number of imidazole rings is 1. The SMILES string of the molecule is O=C(Nc1nc2ccccc2n1CCc1ccccn1)c1cc(Br)[nH]n1. The number of hydrogen-bond donors (Lipinski definition) is 2. The molecule has 130 valence electrons. The van der Waals surface area contributed by atoms with E-state index < -0.39 is 0 Å². The molecule has 3 heterocycles. The minimum Gasteiger partial charge on any atom is -0.310 e.